The van der Waals surface area contributed by atoms with E-state index in [1.54, 1.807) is 0 Å². The Morgan fingerprint density at radius 3 is 1.82 bits per heavy atom. The van der Waals surface area contributed by atoms with E-state index in [-0.39, 0.29) is 6.17 Å². The third kappa shape index (κ3) is 5.78. The van der Waals surface area contributed by atoms with E-state index in [1.807, 2.05) is 12.1 Å². The molecular formula is C53H36N4. The van der Waals surface area contributed by atoms with E-state index in [1.165, 1.54) is 48.9 Å². The topological polar surface area (TPSA) is 41.7 Å². The maximum absolute atomic E-state index is 5.17. The van der Waals surface area contributed by atoms with Gasteiger partial charge in [0.05, 0.1) is 11.0 Å². The third-order valence-electron chi connectivity index (χ3n) is 11.2. The molecule has 1 N–H and O–H groups in total. The summed E-state index contributed by atoms with van der Waals surface area (Å²) in [6.45, 7) is 0. The van der Waals surface area contributed by atoms with Gasteiger partial charge in [0.15, 0.2) is 5.84 Å². The van der Waals surface area contributed by atoms with Crippen LogP contribution in [0.3, 0.4) is 0 Å². The number of fused-ring (bicyclic) bond motifs is 7. The van der Waals surface area contributed by atoms with Gasteiger partial charge in [-0.25, -0.2) is 9.98 Å². The van der Waals surface area contributed by atoms with Crippen LogP contribution < -0.4 is 5.32 Å². The predicted molar refractivity (Wildman–Crippen MR) is 238 cm³/mol. The Labute approximate surface area is 330 Å². The van der Waals surface area contributed by atoms with Crippen molar-refractivity contribution in [3.8, 4) is 27.9 Å². The molecule has 4 nitrogen and oxygen atoms in total. The maximum Gasteiger partial charge on any atom is 0.159 e. The quantitative estimate of drug-likeness (QED) is 0.182. The van der Waals surface area contributed by atoms with Crippen LogP contribution in [0.15, 0.2) is 216 Å². The molecule has 0 fully saturated rings. The van der Waals surface area contributed by atoms with Crippen LogP contribution in [-0.2, 0) is 0 Å². The van der Waals surface area contributed by atoms with Crippen LogP contribution >= 0.6 is 0 Å². The van der Waals surface area contributed by atoms with Crippen molar-refractivity contribution in [3.63, 3.8) is 0 Å². The van der Waals surface area contributed by atoms with E-state index in [0.29, 0.717) is 5.84 Å². The lowest BCUT2D eigenvalue weighted by molar-refractivity contribution is 0.674. The lowest BCUT2D eigenvalue weighted by Gasteiger charge is -2.24. The van der Waals surface area contributed by atoms with Crippen LogP contribution in [0.5, 0.6) is 0 Å². The van der Waals surface area contributed by atoms with Gasteiger partial charge in [0.25, 0.3) is 0 Å². The normalized spacial score (nSPS) is 14.1. The fourth-order valence-corrected chi connectivity index (χ4v) is 8.46. The molecule has 0 saturated heterocycles. The molecule has 268 valence electrons. The van der Waals surface area contributed by atoms with Gasteiger partial charge in [-0.3, -0.25) is 0 Å². The van der Waals surface area contributed by atoms with Crippen LogP contribution in [0.25, 0.3) is 71.3 Å². The molecule has 1 aliphatic heterocycles. The number of rotatable bonds is 6. The Hall–Kier alpha value is -7.56. The van der Waals surface area contributed by atoms with Crippen molar-refractivity contribution in [2.75, 3.05) is 0 Å². The summed E-state index contributed by atoms with van der Waals surface area (Å²) in [4.78, 5) is 10.3. The number of aliphatic imine (C=N–C) groups is 2. The van der Waals surface area contributed by atoms with Gasteiger partial charge in [0.2, 0.25) is 0 Å². The molecular weight excluding hydrogens is 693 g/mol. The molecule has 1 aliphatic rings. The van der Waals surface area contributed by atoms with Gasteiger partial charge >= 0.3 is 0 Å². The smallest absolute Gasteiger partial charge is 0.159 e. The average molecular weight is 729 g/mol. The van der Waals surface area contributed by atoms with Gasteiger partial charge in [0.1, 0.15) is 12.0 Å². The molecule has 0 bridgehead atoms. The monoisotopic (exact) mass is 728 g/mol. The Morgan fingerprint density at radius 2 is 1.02 bits per heavy atom. The standard InChI is InChI=1S/C53H36N4/c1-3-13-35(14-4-1)36-25-27-40(28-26-36)52-54-51(39-17-5-2-6-18-39)55-53(56-52)43-21-11-19-41(33-43)42-20-12-22-44(34-42)57-48-32-30-37-15-7-9-23-45(37)49(48)47-31-29-38-16-8-10-24-46(38)50(47)57/h1-34,51H,(H,54,55,56). The number of amidine groups is 2. The Kier molecular flexibility index (Phi) is 7.85. The third-order valence-corrected chi connectivity index (χ3v) is 11.2. The molecule has 0 saturated carbocycles. The van der Waals surface area contributed by atoms with E-state index in [4.69, 9.17) is 9.98 Å². The maximum atomic E-state index is 5.17. The van der Waals surface area contributed by atoms with Crippen molar-refractivity contribution < 1.29 is 0 Å². The highest BCUT2D eigenvalue weighted by Gasteiger charge is 2.22. The molecule has 4 heteroatoms. The summed E-state index contributed by atoms with van der Waals surface area (Å²) in [5, 5.41) is 11.2. The summed E-state index contributed by atoms with van der Waals surface area (Å²) in [6.07, 6.45) is -0.282. The highest BCUT2D eigenvalue weighted by molar-refractivity contribution is 6.26. The first-order valence-electron chi connectivity index (χ1n) is 19.4. The molecule has 10 aromatic rings. The second-order valence-electron chi connectivity index (χ2n) is 14.6. The van der Waals surface area contributed by atoms with Crippen LogP contribution in [0.1, 0.15) is 22.9 Å². The summed E-state index contributed by atoms with van der Waals surface area (Å²) < 4.78 is 2.45. The minimum Gasteiger partial charge on any atom is -0.344 e. The largest absolute Gasteiger partial charge is 0.344 e. The second kappa shape index (κ2) is 13.6. The highest BCUT2D eigenvalue weighted by atomic mass is 15.2. The van der Waals surface area contributed by atoms with Gasteiger partial charge in [0, 0.05) is 33.0 Å². The zero-order valence-corrected chi connectivity index (χ0v) is 31.0. The molecule has 11 rings (SSSR count). The van der Waals surface area contributed by atoms with Crippen molar-refractivity contribution in [1.82, 2.24) is 9.88 Å². The number of aromatic nitrogens is 1. The molecule has 0 radical (unpaired) electrons. The summed E-state index contributed by atoms with van der Waals surface area (Å²) in [5.74, 6) is 1.50. The predicted octanol–water partition coefficient (Wildman–Crippen LogP) is 12.9. The molecule has 1 atom stereocenters. The number of hydrogen-bond acceptors (Lipinski definition) is 3. The summed E-state index contributed by atoms with van der Waals surface area (Å²) in [7, 11) is 0. The van der Waals surface area contributed by atoms with E-state index in [9.17, 15) is 0 Å². The van der Waals surface area contributed by atoms with Crippen LogP contribution in [0.4, 0.5) is 0 Å². The molecule has 0 amide bonds. The number of nitrogens with one attached hydrogen (secondary N) is 1. The van der Waals surface area contributed by atoms with Gasteiger partial charge in [-0.2, -0.15) is 0 Å². The molecule has 0 spiro atoms. The van der Waals surface area contributed by atoms with Crippen molar-refractivity contribution in [2.45, 2.75) is 6.17 Å². The van der Waals surface area contributed by atoms with Crippen LogP contribution in [0, 0.1) is 0 Å². The number of benzene rings is 9. The average Bonchev–Trinajstić information content (AvgIpc) is 3.65. The van der Waals surface area contributed by atoms with Crippen molar-refractivity contribution in [1.29, 1.82) is 0 Å². The van der Waals surface area contributed by atoms with E-state index in [2.05, 4.69) is 204 Å². The SMILES string of the molecule is c1ccc(-c2ccc(C3=NC(c4ccccc4)NC(c4cccc(-c5cccc(-n6c7ccc8ccccc8c7c7ccc8ccccc8c76)c5)c4)=N3)cc2)cc1. The van der Waals surface area contributed by atoms with E-state index >= 15 is 0 Å². The molecule has 57 heavy (non-hydrogen) atoms. The van der Waals surface area contributed by atoms with E-state index < -0.39 is 0 Å². The minimum atomic E-state index is -0.282. The Balaban J connectivity index is 1.02. The van der Waals surface area contributed by atoms with Crippen molar-refractivity contribution in [3.05, 3.63) is 223 Å². The van der Waals surface area contributed by atoms with Crippen molar-refractivity contribution >= 4 is 55.0 Å². The first-order chi connectivity index (χ1) is 28.2. The fraction of sp³-hybridized carbons (Fsp3) is 0.0189. The zero-order chi connectivity index (χ0) is 37.7. The Morgan fingerprint density at radius 1 is 0.421 bits per heavy atom. The zero-order valence-electron chi connectivity index (χ0n) is 31.0. The molecule has 0 aliphatic carbocycles. The highest BCUT2D eigenvalue weighted by Crippen LogP contribution is 2.40. The van der Waals surface area contributed by atoms with Gasteiger partial charge in [-0.15, -0.1) is 0 Å². The van der Waals surface area contributed by atoms with Crippen molar-refractivity contribution in [2.24, 2.45) is 9.98 Å². The summed E-state index contributed by atoms with van der Waals surface area (Å²) >= 11 is 0. The fourth-order valence-electron chi connectivity index (χ4n) is 8.46. The Bertz CT molecular complexity index is 3190. The molecule has 1 unspecified atom stereocenters. The van der Waals surface area contributed by atoms with E-state index in [0.717, 1.165) is 44.9 Å². The minimum absolute atomic E-state index is 0.282. The molecule has 9 aromatic carbocycles. The lowest BCUT2D eigenvalue weighted by atomic mass is 10.0. The van der Waals surface area contributed by atoms with Gasteiger partial charge < -0.3 is 9.88 Å². The number of hydrogen-bond donors (Lipinski definition) is 1. The molecule has 2 heterocycles. The van der Waals surface area contributed by atoms with Gasteiger partial charge in [-0.05, 0) is 68.2 Å². The van der Waals surface area contributed by atoms with Crippen LogP contribution in [-0.4, -0.2) is 16.2 Å². The first-order valence-corrected chi connectivity index (χ1v) is 19.4. The summed E-state index contributed by atoms with van der Waals surface area (Å²) in [5.41, 5.74) is 11.2. The summed E-state index contributed by atoms with van der Waals surface area (Å²) in [6, 6.07) is 73.5. The lowest BCUT2D eigenvalue weighted by Crippen LogP contribution is -2.33. The van der Waals surface area contributed by atoms with Crippen LogP contribution in [0.2, 0.25) is 0 Å². The first kappa shape index (κ1) is 32.8. The van der Waals surface area contributed by atoms with Gasteiger partial charge in [-0.1, -0.05) is 182 Å². The molecule has 1 aromatic heterocycles. The second-order valence-corrected chi connectivity index (χ2v) is 14.6. The number of nitrogens with zero attached hydrogens (tertiary/aromatic N) is 3.